The molecule has 1 saturated carbocycles. The molecule has 1 aliphatic carbocycles. The van der Waals surface area contributed by atoms with E-state index in [0.717, 1.165) is 63.7 Å². The molecule has 0 unspecified atom stereocenters. The first-order valence-corrected chi connectivity index (χ1v) is 10.3. The molecule has 26 heavy (non-hydrogen) atoms. The molecule has 3 fully saturated rings. The largest absolute Gasteiger partial charge is 0.489 e. The number of benzene rings is 1. The third-order valence-electron chi connectivity index (χ3n) is 5.78. The molecule has 5 nitrogen and oxygen atoms in total. The molecule has 1 N–H and O–H groups in total. The highest BCUT2D eigenvalue weighted by Gasteiger charge is 2.33. The summed E-state index contributed by atoms with van der Waals surface area (Å²) >= 11 is 6.16. The lowest BCUT2D eigenvalue weighted by molar-refractivity contribution is 0.107. The van der Waals surface area contributed by atoms with Crippen molar-refractivity contribution in [3.05, 3.63) is 29.3 Å². The summed E-state index contributed by atoms with van der Waals surface area (Å²) in [5, 5.41) is 3.88. The molecule has 4 rings (SSSR count). The van der Waals surface area contributed by atoms with E-state index in [1.165, 1.54) is 12.8 Å². The maximum absolute atomic E-state index is 12.6. The van der Waals surface area contributed by atoms with Gasteiger partial charge in [-0.15, -0.1) is 0 Å². The summed E-state index contributed by atoms with van der Waals surface area (Å²) in [4.78, 5) is 17.1. The number of para-hydroxylation sites is 1. The average molecular weight is 378 g/mol. The lowest BCUT2D eigenvalue weighted by atomic mass is 10.0. The maximum atomic E-state index is 12.6. The lowest BCUT2D eigenvalue weighted by Gasteiger charge is -2.36. The Hall–Kier alpha value is -1.46. The van der Waals surface area contributed by atoms with Crippen LogP contribution in [0.5, 0.6) is 5.75 Å². The van der Waals surface area contributed by atoms with Crippen LogP contribution in [-0.4, -0.2) is 60.2 Å². The molecule has 2 aliphatic heterocycles. The van der Waals surface area contributed by atoms with Crippen LogP contribution >= 0.6 is 11.6 Å². The summed E-state index contributed by atoms with van der Waals surface area (Å²) in [6.07, 6.45) is 6.70. The predicted molar refractivity (Wildman–Crippen MR) is 103 cm³/mol. The maximum Gasteiger partial charge on any atom is 0.317 e. The minimum Gasteiger partial charge on any atom is -0.489 e. The Morgan fingerprint density at radius 1 is 1.00 bits per heavy atom. The van der Waals surface area contributed by atoms with Crippen molar-refractivity contribution in [1.29, 1.82) is 0 Å². The molecule has 2 heterocycles. The highest BCUT2D eigenvalue weighted by atomic mass is 35.5. The molecule has 0 aromatic heterocycles. The highest BCUT2D eigenvalue weighted by molar-refractivity contribution is 6.32. The molecule has 1 aromatic rings. The van der Waals surface area contributed by atoms with Crippen LogP contribution in [0.25, 0.3) is 0 Å². The van der Waals surface area contributed by atoms with Crippen LogP contribution in [0, 0.1) is 0 Å². The standard InChI is InChI=1S/C20H28ClN3O2/c21-18-3-1-2-4-19(18)26-17-9-13-24(14-10-17)20(25)22-15-7-11-23(12-8-15)16-5-6-16/h1-4,15-17H,5-14H2,(H,22,25). The van der Waals surface area contributed by atoms with Gasteiger partial charge in [-0.05, 0) is 37.8 Å². The van der Waals surface area contributed by atoms with Gasteiger partial charge in [0.25, 0.3) is 0 Å². The quantitative estimate of drug-likeness (QED) is 0.873. The van der Waals surface area contributed by atoms with Gasteiger partial charge in [0.05, 0.1) is 5.02 Å². The number of rotatable bonds is 4. The summed E-state index contributed by atoms with van der Waals surface area (Å²) in [7, 11) is 0. The fourth-order valence-corrected chi connectivity index (χ4v) is 4.19. The molecule has 6 heteroatoms. The molecule has 0 bridgehead atoms. The van der Waals surface area contributed by atoms with Crippen molar-refractivity contribution in [2.75, 3.05) is 26.2 Å². The fraction of sp³-hybridized carbons (Fsp3) is 0.650. The number of hydrogen-bond donors (Lipinski definition) is 1. The molecule has 0 atom stereocenters. The Balaban J connectivity index is 1.19. The number of halogens is 1. The number of carbonyl (C=O) groups excluding carboxylic acids is 1. The molecule has 0 radical (unpaired) electrons. The van der Waals surface area contributed by atoms with E-state index in [2.05, 4.69) is 10.2 Å². The van der Waals surface area contributed by atoms with Crippen LogP contribution in [-0.2, 0) is 0 Å². The number of urea groups is 1. The number of amides is 2. The van der Waals surface area contributed by atoms with E-state index in [4.69, 9.17) is 16.3 Å². The molecule has 1 aromatic carbocycles. The minimum absolute atomic E-state index is 0.0889. The van der Waals surface area contributed by atoms with E-state index >= 15 is 0 Å². The molecule has 2 amide bonds. The Bertz CT molecular complexity index is 621. The molecular formula is C20H28ClN3O2. The van der Waals surface area contributed by atoms with Crippen LogP contribution in [0.1, 0.15) is 38.5 Å². The third-order valence-corrected chi connectivity index (χ3v) is 6.09. The second-order valence-corrected chi connectivity index (χ2v) is 8.13. The number of ether oxygens (including phenoxy) is 1. The summed E-state index contributed by atoms with van der Waals surface area (Å²) in [5.41, 5.74) is 0. The van der Waals surface area contributed by atoms with Gasteiger partial charge in [0, 0.05) is 51.1 Å². The van der Waals surface area contributed by atoms with E-state index in [0.29, 0.717) is 11.1 Å². The Labute approximate surface area is 160 Å². The second-order valence-electron chi connectivity index (χ2n) is 7.73. The van der Waals surface area contributed by atoms with Crippen LogP contribution in [0.4, 0.5) is 4.79 Å². The van der Waals surface area contributed by atoms with Gasteiger partial charge in [0.15, 0.2) is 0 Å². The van der Waals surface area contributed by atoms with E-state index < -0.39 is 0 Å². The summed E-state index contributed by atoms with van der Waals surface area (Å²) in [6, 6.07) is 8.82. The predicted octanol–water partition coefficient (Wildman–Crippen LogP) is 3.52. The van der Waals surface area contributed by atoms with E-state index in [9.17, 15) is 4.79 Å². The minimum atomic E-state index is 0.0889. The van der Waals surface area contributed by atoms with Crippen molar-refractivity contribution in [2.45, 2.75) is 56.7 Å². The third kappa shape index (κ3) is 4.44. The zero-order chi connectivity index (χ0) is 17.9. The van der Waals surface area contributed by atoms with Crippen molar-refractivity contribution in [3.63, 3.8) is 0 Å². The topological polar surface area (TPSA) is 44.8 Å². The Morgan fingerprint density at radius 3 is 2.35 bits per heavy atom. The van der Waals surface area contributed by atoms with Crippen LogP contribution in [0.15, 0.2) is 24.3 Å². The smallest absolute Gasteiger partial charge is 0.317 e. The Morgan fingerprint density at radius 2 is 1.69 bits per heavy atom. The summed E-state index contributed by atoms with van der Waals surface area (Å²) < 4.78 is 6.01. The molecular weight excluding hydrogens is 350 g/mol. The van der Waals surface area contributed by atoms with Gasteiger partial charge >= 0.3 is 6.03 Å². The first-order valence-electron chi connectivity index (χ1n) is 9.90. The SMILES string of the molecule is O=C(NC1CCN(C2CC2)CC1)N1CCC(Oc2ccccc2Cl)CC1. The number of nitrogens with one attached hydrogen (secondary N) is 1. The van der Waals surface area contributed by atoms with Crippen molar-refractivity contribution < 1.29 is 9.53 Å². The molecule has 142 valence electrons. The Kier molecular flexibility index (Phi) is 5.55. The number of nitrogens with zero attached hydrogens (tertiary/aromatic N) is 2. The summed E-state index contributed by atoms with van der Waals surface area (Å²) in [6.45, 7) is 3.73. The number of likely N-dealkylation sites (tertiary alicyclic amines) is 2. The highest BCUT2D eigenvalue weighted by Crippen LogP contribution is 2.29. The van der Waals surface area contributed by atoms with E-state index in [1.807, 2.05) is 29.2 Å². The van der Waals surface area contributed by atoms with Gasteiger partial charge in [-0.3, -0.25) is 0 Å². The zero-order valence-corrected chi connectivity index (χ0v) is 16.0. The number of hydrogen-bond acceptors (Lipinski definition) is 3. The monoisotopic (exact) mass is 377 g/mol. The van der Waals surface area contributed by atoms with Crippen LogP contribution in [0.2, 0.25) is 5.02 Å². The number of piperidine rings is 2. The van der Waals surface area contributed by atoms with Crippen molar-refractivity contribution >= 4 is 17.6 Å². The van der Waals surface area contributed by atoms with E-state index in [1.54, 1.807) is 0 Å². The average Bonchev–Trinajstić information content (AvgIpc) is 3.50. The zero-order valence-electron chi connectivity index (χ0n) is 15.2. The lowest BCUT2D eigenvalue weighted by Crippen LogP contribution is -2.52. The normalized spacial score (nSPS) is 23.0. The van der Waals surface area contributed by atoms with Gasteiger partial charge in [-0.25, -0.2) is 4.79 Å². The van der Waals surface area contributed by atoms with Gasteiger partial charge < -0.3 is 19.9 Å². The first-order chi connectivity index (χ1) is 12.7. The van der Waals surface area contributed by atoms with E-state index in [-0.39, 0.29) is 12.1 Å². The van der Waals surface area contributed by atoms with Crippen LogP contribution in [0.3, 0.4) is 0 Å². The van der Waals surface area contributed by atoms with Gasteiger partial charge in [-0.1, -0.05) is 23.7 Å². The molecule has 2 saturated heterocycles. The molecule has 3 aliphatic rings. The van der Waals surface area contributed by atoms with Crippen molar-refractivity contribution in [2.24, 2.45) is 0 Å². The van der Waals surface area contributed by atoms with Crippen molar-refractivity contribution in [3.8, 4) is 5.75 Å². The summed E-state index contributed by atoms with van der Waals surface area (Å²) in [5.74, 6) is 0.736. The van der Waals surface area contributed by atoms with Crippen LogP contribution < -0.4 is 10.1 Å². The first kappa shape index (κ1) is 17.9. The van der Waals surface area contributed by atoms with Gasteiger partial charge in [0.2, 0.25) is 0 Å². The van der Waals surface area contributed by atoms with Crippen molar-refractivity contribution in [1.82, 2.24) is 15.1 Å². The van der Waals surface area contributed by atoms with Gasteiger partial charge in [0.1, 0.15) is 11.9 Å². The second kappa shape index (κ2) is 8.05. The van der Waals surface area contributed by atoms with Gasteiger partial charge in [-0.2, -0.15) is 0 Å². The number of carbonyl (C=O) groups is 1. The fourth-order valence-electron chi connectivity index (χ4n) is 4.01. The molecule has 0 spiro atoms.